The van der Waals surface area contributed by atoms with Crippen LogP contribution in [0.4, 0.5) is 67.9 Å². The number of hydrogen-bond donors (Lipinski definition) is 0. The van der Waals surface area contributed by atoms with Crippen LogP contribution in [0, 0.1) is 0 Å². The number of benzene rings is 18. The van der Waals surface area contributed by atoms with E-state index in [1.54, 1.807) is 0 Å². The Morgan fingerprint density at radius 3 is 1.37 bits per heavy atom. The fraction of sp³-hybridized carbons (Fsp3) is 0.0236. The number of furan rings is 4. The van der Waals surface area contributed by atoms with Crippen LogP contribution < -0.4 is 94.5 Å². The Morgan fingerprint density at radius 1 is 0.274 bits per heavy atom. The molecule has 0 spiro atoms. The third kappa shape index (κ3) is 12.1. The molecule has 0 atom stereocenters. The summed E-state index contributed by atoms with van der Waals surface area (Å²) in [6.07, 6.45) is 0. The number of aromatic nitrogens is 2. The Labute approximate surface area is 853 Å². The van der Waals surface area contributed by atoms with E-state index in [2.05, 4.69) is 437 Å². The third-order valence-electron chi connectivity index (χ3n) is 30.8. The van der Waals surface area contributed by atoms with E-state index < -0.39 is 0 Å². The van der Waals surface area contributed by atoms with Crippen molar-refractivity contribution in [3.05, 3.63) is 460 Å². The van der Waals surface area contributed by atoms with Crippen molar-refractivity contribution in [3.8, 4) is 34.6 Å². The number of fused-ring (bicyclic) bond motifs is 32. The van der Waals surface area contributed by atoms with Gasteiger partial charge in [0, 0.05) is 146 Å². The van der Waals surface area contributed by atoms with Crippen molar-refractivity contribution in [3.63, 3.8) is 0 Å². The van der Waals surface area contributed by atoms with Crippen LogP contribution in [0.15, 0.2) is 476 Å². The van der Waals surface area contributed by atoms with Gasteiger partial charge < -0.3 is 41.5 Å². The summed E-state index contributed by atoms with van der Waals surface area (Å²) >= 11 is 5.68. The number of thiophene rings is 2. The van der Waals surface area contributed by atoms with Crippen LogP contribution in [0.1, 0.15) is 25.0 Å². The summed E-state index contributed by atoms with van der Waals surface area (Å²) in [5.41, 5.74) is 34.4. The number of hydrogen-bond acceptors (Lipinski definition) is 13. The van der Waals surface area contributed by atoms with Crippen molar-refractivity contribution in [1.29, 1.82) is 0 Å². The zero-order chi connectivity index (χ0) is 95.8. The number of ether oxygens (including phenoxy) is 2. The molecule has 0 unspecified atom stereocenters. The third-order valence-corrected chi connectivity index (χ3v) is 34.4. The summed E-state index contributed by atoms with van der Waals surface area (Å²) in [7, 11) is 0. The Hall–Kier alpha value is -17.5. The average molecular weight is 1930 g/mol. The lowest BCUT2D eigenvalue weighted by Crippen LogP contribution is -2.63. The van der Waals surface area contributed by atoms with Gasteiger partial charge in [-0.3, -0.25) is 14.4 Å². The fourth-order valence-corrected chi connectivity index (χ4v) is 28.8. The molecule has 0 saturated carbocycles. The molecule has 8 aliphatic heterocycles. The van der Waals surface area contributed by atoms with Crippen LogP contribution in [-0.4, -0.2) is 36.0 Å². The van der Waals surface area contributed by atoms with Crippen LogP contribution in [0.2, 0.25) is 0 Å². The lowest BCUT2D eigenvalue weighted by molar-refractivity contribution is 0.364. The highest BCUT2D eigenvalue weighted by Gasteiger charge is 2.54. The van der Waals surface area contributed by atoms with Gasteiger partial charge in [-0.2, -0.15) is 0 Å². The fourth-order valence-electron chi connectivity index (χ4n) is 25.0. The predicted octanol–water partition coefficient (Wildman–Crippen LogP) is 26.6. The van der Waals surface area contributed by atoms with Gasteiger partial charge in [0.05, 0.1) is 27.4 Å². The molecule has 8 aliphatic rings. The minimum Gasteiger partial charge on any atom is -0.470 e. The zero-order valence-corrected chi connectivity index (χ0v) is 81.3. The SMILES string of the molecule is CC1(C)c2cccc3c2B(c2oc4ccccc4c21)c1c(oc2ccccc12)N3c1ccccc1.c1ccc(N2c3cccc4c3B(c3c2n(-c2ccccc2)c2ccccc32)c2c(c3ccccc3n2-c2ccccc2)S4)cc1.c1ccc(N2c3cccc4c3B(c3oc5ccccc5c32)c2c(oc3ccccc23)O4)cc1.c1ccc(N2c3cccc4c3B(c3sc5ccccc5c3O4)c3c2sc2ccccc32)cc1. The topological polar surface area (TPSA) is 93.8 Å². The van der Waals surface area contributed by atoms with Crippen LogP contribution in [-0.2, 0) is 5.41 Å². The van der Waals surface area contributed by atoms with Crippen molar-refractivity contribution in [2.45, 2.75) is 29.1 Å². The van der Waals surface area contributed by atoms with Gasteiger partial charge in [-0.1, -0.05) is 299 Å². The van der Waals surface area contributed by atoms with Gasteiger partial charge in [-0.05, 0) is 220 Å². The Kier molecular flexibility index (Phi) is 18.4. The molecule has 8 aromatic heterocycles. The Balaban J connectivity index is 0.0000000892. The minimum absolute atomic E-state index is 0.0322. The standard InChI is InChI=1S/C40H26BN3S.C31H22BNO2.C28H16BNO3.C28H16BNOS2/c1-4-15-27(16-5-1)42-33-24-13-11-22-31(33)38-39(42)41-36-30-21-10-12-23-32(30)43(28-17-6-2-7-18-28)40(36)44(29-19-8-3-9-20-29)34-25-14-26-35(45-38)37(34)41;1-31(2)22-15-10-16-23-28(22)32(29-26(31)20-13-6-8-17-24(20)34-29)27-21-14-7-9-18-25(21)35-30(27)33(23)19-11-4-3-5-12-19;1-2-9-17(10-3-1)30-20-13-8-16-23-25(20)29(27-26(30)19-12-5-7-15-22(19)31-27)24-18-11-4-6-14-21(18)32-28(24)33-23;1-2-9-17(10-3-1)30-20-13-8-14-21-25(20)29(24-18-11-4-6-15-22(18)33-28(24)30)27-26(31-21)19-12-5-7-16-23(19)32-27/h1-26H;3-18H,1-2H3;2*1-16H. The lowest BCUT2D eigenvalue weighted by atomic mass is 9.32. The van der Waals surface area contributed by atoms with Crippen LogP contribution >= 0.6 is 34.4 Å². The predicted molar refractivity (Wildman–Crippen MR) is 609 cm³/mol. The molecule has 18 aromatic carbocycles. The number of rotatable bonds is 6. The maximum atomic E-state index is 6.73. The molecule has 12 nitrogen and oxygen atoms in total. The second-order valence-electron chi connectivity index (χ2n) is 38.9. The van der Waals surface area contributed by atoms with Crippen molar-refractivity contribution < 1.29 is 27.1 Å². The zero-order valence-electron chi connectivity index (χ0n) is 78.9. The second kappa shape index (κ2) is 32.3. The van der Waals surface area contributed by atoms with Crippen LogP contribution in [0.5, 0.6) is 23.2 Å². The molecular weight excluding hydrogens is 1840 g/mol. The van der Waals surface area contributed by atoms with E-state index in [4.69, 9.17) is 27.1 Å². The number of anilines is 12. The van der Waals surface area contributed by atoms with Gasteiger partial charge >= 0.3 is 6.71 Å². The molecule has 16 heterocycles. The first-order valence-corrected chi connectivity index (χ1v) is 52.2. The van der Waals surface area contributed by atoms with E-state index in [9.17, 15) is 0 Å². The molecule has 0 saturated heterocycles. The van der Waals surface area contributed by atoms with E-state index >= 15 is 0 Å². The molecule has 0 N–H and O–H groups in total. The molecule has 684 valence electrons. The first kappa shape index (κ1) is 83.2. The maximum absolute atomic E-state index is 6.73. The molecule has 34 rings (SSSR count). The highest BCUT2D eigenvalue weighted by molar-refractivity contribution is 8.00. The Bertz CT molecular complexity index is 9890. The Morgan fingerprint density at radius 2 is 0.719 bits per heavy atom. The van der Waals surface area contributed by atoms with E-state index in [0.29, 0.717) is 5.95 Å². The molecule has 0 fully saturated rings. The second-order valence-corrected chi connectivity index (χ2v) is 42.0. The van der Waals surface area contributed by atoms with Crippen LogP contribution in [0.3, 0.4) is 0 Å². The summed E-state index contributed by atoms with van der Waals surface area (Å²) < 4.78 is 48.1. The maximum Gasteiger partial charge on any atom is 0.306 e. The van der Waals surface area contributed by atoms with Gasteiger partial charge in [0.2, 0.25) is 5.88 Å². The molecule has 0 radical (unpaired) electrons. The summed E-state index contributed by atoms with van der Waals surface area (Å²) in [5, 5.41) is 10.9. The van der Waals surface area contributed by atoms with Crippen LogP contribution in [0.25, 0.3) is 97.2 Å². The van der Waals surface area contributed by atoms with Crippen molar-refractivity contribution in [2.75, 3.05) is 19.6 Å². The first-order valence-electron chi connectivity index (χ1n) is 49.7. The summed E-state index contributed by atoms with van der Waals surface area (Å²) in [6, 6.07) is 159. The van der Waals surface area contributed by atoms with E-state index in [1.807, 2.05) is 89.0 Å². The van der Waals surface area contributed by atoms with Gasteiger partial charge in [0.25, 0.3) is 26.1 Å². The quantitative estimate of drug-likeness (QED) is 0.149. The lowest BCUT2D eigenvalue weighted by Gasteiger charge is -2.41. The number of para-hydroxylation sites is 12. The summed E-state index contributed by atoms with van der Waals surface area (Å²) in [6.45, 7) is 4.71. The van der Waals surface area contributed by atoms with Crippen molar-refractivity contribution in [2.24, 2.45) is 0 Å². The molecular formula is C127H80B4N6O6S3. The van der Waals surface area contributed by atoms with Gasteiger partial charge in [0.1, 0.15) is 51.1 Å². The largest absolute Gasteiger partial charge is 0.470 e. The molecule has 19 heteroatoms. The highest BCUT2D eigenvalue weighted by Crippen LogP contribution is 2.54. The van der Waals surface area contributed by atoms with Crippen molar-refractivity contribution in [1.82, 2.24) is 9.13 Å². The minimum atomic E-state index is -0.205. The average Bonchev–Trinajstić information content (AvgIpc) is 1.51. The molecule has 0 aliphatic carbocycles. The number of nitrogens with zero attached hydrogens (tertiary/aromatic N) is 6. The van der Waals surface area contributed by atoms with E-state index in [0.717, 1.165) is 124 Å². The molecule has 0 amide bonds. The highest BCUT2D eigenvalue weighted by atomic mass is 32.2. The normalized spacial score (nSPS) is 13.8. The monoisotopic (exact) mass is 1920 g/mol. The van der Waals surface area contributed by atoms with Gasteiger partial charge in [0.15, 0.2) is 0 Å². The first-order chi connectivity index (χ1) is 72.3. The van der Waals surface area contributed by atoms with E-state index in [1.165, 1.54) is 145 Å². The molecule has 26 aromatic rings. The summed E-state index contributed by atoms with van der Waals surface area (Å²) in [4.78, 5) is 12.2. The molecule has 146 heavy (non-hydrogen) atoms. The van der Waals surface area contributed by atoms with E-state index in [-0.39, 0.29) is 32.3 Å². The van der Waals surface area contributed by atoms with Crippen molar-refractivity contribution >= 4 is 280 Å². The molecule has 0 bridgehead atoms. The van der Waals surface area contributed by atoms with Gasteiger partial charge in [-0.25, -0.2) is 0 Å². The van der Waals surface area contributed by atoms with Gasteiger partial charge in [-0.15, -0.1) is 22.7 Å². The smallest absolute Gasteiger partial charge is 0.306 e. The summed E-state index contributed by atoms with van der Waals surface area (Å²) in [5.74, 6) is 5.42.